The van der Waals surface area contributed by atoms with Crippen molar-refractivity contribution in [2.24, 2.45) is 0 Å². The molecule has 6 aromatic carbocycles. The zero-order chi connectivity index (χ0) is 53.4. The van der Waals surface area contributed by atoms with Crippen LogP contribution in [0.25, 0.3) is 0 Å². The first kappa shape index (κ1) is 56.2. The van der Waals surface area contributed by atoms with E-state index in [-0.39, 0.29) is 58.4 Å². The number of nitrogens with one attached hydrogen (secondary N) is 1. The molecule has 0 radical (unpaired) electrons. The van der Waals surface area contributed by atoms with Crippen LogP contribution in [0.5, 0.6) is 0 Å². The van der Waals surface area contributed by atoms with Crippen LogP contribution in [0.4, 0.5) is 4.79 Å². The summed E-state index contributed by atoms with van der Waals surface area (Å²) in [4.78, 5) is 41.9. The van der Waals surface area contributed by atoms with Crippen molar-refractivity contribution in [3.05, 3.63) is 228 Å². The Bertz CT molecular complexity index is 2670. The number of alkyl carbamates (subject to hydrolysis) is 1. The van der Waals surface area contributed by atoms with Crippen LogP contribution < -0.4 is 5.32 Å². The molecule has 1 N–H and O–H groups in total. The topological polar surface area (TPSA) is 165 Å². The third-order valence-corrected chi connectivity index (χ3v) is 12.8. The van der Waals surface area contributed by atoms with Crippen molar-refractivity contribution in [1.82, 2.24) is 5.32 Å². The second-order valence-corrected chi connectivity index (χ2v) is 18.6. The number of amides is 1. The zero-order valence-electron chi connectivity index (χ0n) is 43.2. The van der Waals surface area contributed by atoms with Gasteiger partial charge < -0.3 is 57.4 Å². The molecule has 2 aliphatic rings. The Labute approximate surface area is 450 Å². The van der Waals surface area contributed by atoms with Gasteiger partial charge in [0.15, 0.2) is 24.8 Å². The van der Waals surface area contributed by atoms with Gasteiger partial charge in [0.25, 0.3) is 0 Å². The minimum absolute atomic E-state index is 0.0328. The van der Waals surface area contributed by atoms with E-state index in [1.165, 1.54) is 6.92 Å². The Morgan fingerprint density at radius 1 is 0.506 bits per heavy atom. The molecule has 0 saturated carbocycles. The van der Waals surface area contributed by atoms with E-state index in [2.05, 4.69) is 11.9 Å². The van der Waals surface area contributed by atoms with Gasteiger partial charge >= 0.3 is 18.0 Å². The number of benzene rings is 6. The van der Waals surface area contributed by atoms with Gasteiger partial charge in [0.05, 0.1) is 51.8 Å². The molecule has 2 saturated heterocycles. The second-order valence-electron chi connectivity index (χ2n) is 18.6. The van der Waals surface area contributed by atoms with Gasteiger partial charge in [-0.1, -0.05) is 176 Å². The first-order valence-electron chi connectivity index (χ1n) is 25.9. The normalized spacial score (nSPS) is 23.0. The Morgan fingerprint density at radius 3 is 1.47 bits per heavy atom. The lowest BCUT2D eigenvalue weighted by Crippen LogP contribution is -2.69. The van der Waals surface area contributed by atoms with Gasteiger partial charge in [-0.15, -0.1) is 6.58 Å². The standard InChI is InChI=1S/C62H67NO14/c1-3-4-23-36-69-60-53(63-62(66)72-41-49-32-19-9-20-33-49)56(73-44(2)64)55(52(74-60)43-68-38-46-26-13-6-14-27-46)77-61-58(76-59(65)50-34-21-10-22-35-50)57(71-40-48-30-17-8-18-31-48)54(70-39-47-28-15-7-16-29-47)51(75-61)42-67-37-45-24-11-5-12-25-45/h3,5-22,24-35,51-58,60-61H,1,4,23,36-43H2,2H3,(H,63,66)/t51-,52-,53-,54-,55-,56-,57+,58-,60-,61+/m1/s1. The molecule has 0 unspecified atom stereocenters. The molecule has 6 aromatic rings. The smallest absolute Gasteiger partial charge is 0.407 e. The first-order valence-corrected chi connectivity index (χ1v) is 25.9. The van der Waals surface area contributed by atoms with Gasteiger partial charge in [-0.3, -0.25) is 4.79 Å². The summed E-state index contributed by atoms with van der Waals surface area (Å²) < 4.78 is 72.5. The minimum Gasteiger partial charge on any atom is -0.457 e. The van der Waals surface area contributed by atoms with E-state index in [9.17, 15) is 14.4 Å². The maximum absolute atomic E-state index is 14.5. The fourth-order valence-corrected chi connectivity index (χ4v) is 8.98. The summed E-state index contributed by atoms with van der Waals surface area (Å²) in [5.41, 5.74) is 4.52. The highest BCUT2D eigenvalue weighted by atomic mass is 16.8. The van der Waals surface area contributed by atoms with Crippen LogP contribution in [-0.4, -0.2) is 99.2 Å². The van der Waals surface area contributed by atoms with Crippen LogP contribution in [0.1, 0.15) is 57.9 Å². The first-order chi connectivity index (χ1) is 37.8. The lowest BCUT2D eigenvalue weighted by atomic mass is 9.94. The SMILES string of the molecule is C=CCCCO[C@@H]1O[C@H](COCc2ccccc2)[C@@H](O[C@@H]2O[C@H](COCc3ccccc3)[C@@H](OCc3ccccc3)[C@H](OCc3ccccc3)[C@H]2OC(=O)c2ccccc2)[C@H](OC(C)=O)[C@H]1NC(=O)OCc1ccccc1. The van der Waals surface area contributed by atoms with Gasteiger partial charge in [0, 0.05) is 6.92 Å². The molecule has 1 amide bonds. The van der Waals surface area contributed by atoms with Crippen molar-refractivity contribution in [1.29, 1.82) is 0 Å². The Kier molecular flexibility index (Phi) is 21.9. The van der Waals surface area contributed by atoms with Crippen LogP contribution >= 0.6 is 0 Å². The molecule has 10 atom stereocenters. The molecular formula is C62H67NO14. The van der Waals surface area contributed by atoms with E-state index in [4.69, 9.17) is 52.1 Å². The number of carbonyl (C=O) groups excluding carboxylic acids is 3. The van der Waals surface area contributed by atoms with E-state index in [1.807, 2.05) is 152 Å². The third kappa shape index (κ3) is 17.2. The van der Waals surface area contributed by atoms with Crippen molar-refractivity contribution >= 4 is 18.0 Å². The molecule has 15 nitrogen and oxygen atoms in total. The number of rotatable bonds is 27. The summed E-state index contributed by atoms with van der Waals surface area (Å²) in [6, 6.07) is 55.0. The maximum atomic E-state index is 14.5. The van der Waals surface area contributed by atoms with Crippen LogP contribution in [-0.2, 0) is 89.9 Å². The highest BCUT2D eigenvalue weighted by Gasteiger charge is 2.56. The van der Waals surface area contributed by atoms with Gasteiger partial charge in [-0.25, -0.2) is 9.59 Å². The van der Waals surface area contributed by atoms with Gasteiger partial charge in [0.1, 0.15) is 43.2 Å². The van der Waals surface area contributed by atoms with E-state index < -0.39 is 79.4 Å². The van der Waals surface area contributed by atoms with E-state index in [1.54, 1.807) is 36.4 Å². The molecular weight excluding hydrogens is 983 g/mol. The molecule has 0 spiro atoms. The molecule has 77 heavy (non-hydrogen) atoms. The van der Waals surface area contributed by atoms with Gasteiger partial charge in [0.2, 0.25) is 0 Å². The number of unbranched alkanes of at least 4 members (excludes halogenated alkanes) is 1. The van der Waals surface area contributed by atoms with Crippen molar-refractivity contribution in [3.8, 4) is 0 Å². The summed E-state index contributed by atoms with van der Waals surface area (Å²) in [7, 11) is 0. The molecule has 2 fully saturated rings. The molecule has 0 aliphatic carbocycles. The van der Waals surface area contributed by atoms with E-state index in [0.717, 1.165) is 27.8 Å². The molecule has 15 heteroatoms. The maximum Gasteiger partial charge on any atom is 0.407 e. The average molecular weight is 1050 g/mol. The van der Waals surface area contributed by atoms with Crippen molar-refractivity contribution in [3.63, 3.8) is 0 Å². The minimum atomic E-state index is -1.51. The molecule has 2 aliphatic heterocycles. The Balaban J connectivity index is 1.20. The number of esters is 2. The van der Waals surface area contributed by atoms with Gasteiger partial charge in [-0.2, -0.15) is 0 Å². The summed E-state index contributed by atoms with van der Waals surface area (Å²) >= 11 is 0. The molecule has 0 aromatic heterocycles. The molecule has 0 bridgehead atoms. The van der Waals surface area contributed by atoms with Crippen LogP contribution in [0.3, 0.4) is 0 Å². The van der Waals surface area contributed by atoms with Crippen LogP contribution in [0.15, 0.2) is 195 Å². The predicted octanol–water partition coefficient (Wildman–Crippen LogP) is 9.86. The highest BCUT2D eigenvalue weighted by molar-refractivity contribution is 5.89. The molecule has 8 rings (SSSR count). The van der Waals surface area contributed by atoms with Crippen LogP contribution in [0, 0.1) is 0 Å². The number of allylic oxidation sites excluding steroid dienone is 1. The fraction of sp³-hybridized carbons (Fsp3) is 0.339. The number of hydrogen-bond acceptors (Lipinski definition) is 14. The Morgan fingerprint density at radius 2 is 0.961 bits per heavy atom. The number of carbonyl (C=O) groups is 3. The number of ether oxygens (including phenoxy) is 11. The quantitative estimate of drug-likeness (QED) is 0.0224. The molecule has 404 valence electrons. The zero-order valence-corrected chi connectivity index (χ0v) is 43.2. The van der Waals surface area contributed by atoms with Crippen molar-refractivity contribution < 1.29 is 66.5 Å². The van der Waals surface area contributed by atoms with Crippen LogP contribution in [0.2, 0.25) is 0 Å². The van der Waals surface area contributed by atoms with E-state index >= 15 is 0 Å². The molecule has 2 heterocycles. The third-order valence-electron chi connectivity index (χ3n) is 12.8. The van der Waals surface area contributed by atoms with Crippen molar-refractivity contribution in [2.45, 2.75) is 114 Å². The lowest BCUT2D eigenvalue weighted by Gasteiger charge is -2.49. The summed E-state index contributed by atoms with van der Waals surface area (Å²) in [6.07, 6.45) is -8.73. The predicted molar refractivity (Wildman–Crippen MR) is 285 cm³/mol. The van der Waals surface area contributed by atoms with Gasteiger partial charge in [-0.05, 0) is 52.8 Å². The summed E-state index contributed by atoms with van der Waals surface area (Å²) in [6.45, 7) is 5.67. The Hall–Kier alpha value is -7.05. The average Bonchev–Trinajstić information content (AvgIpc) is 3.47. The monoisotopic (exact) mass is 1050 g/mol. The summed E-state index contributed by atoms with van der Waals surface area (Å²) in [5.74, 6) is -1.40. The highest BCUT2D eigenvalue weighted by Crippen LogP contribution is 2.36. The fourth-order valence-electron chi connectivity index (χ4n) is 8.98. The van der Waals surface area contributed by atoms with E-state index in [0.29, 0.717) is 12.8 Å². The summed E-state index contributed by atoms with van der Waals surface area (Å²) in [5, 5.41) is 2.89. The van der Waals surface area contributed by atoms with Crippen molar-refractivity contribution in [2.75, 3.05) is 19.8 Å². The second kappa shape index (κ2) is 30.0. The lowest BCUT2D eigenvalue weighted by molar-refractivity contribution is -0.356. The number of hydrogen-bond donors (Lipinski definition) is 1. The largest absolute Gasteiger partial charge is 0.457 e.